The molecule has 0 aliphatic heterocycles. The number of thiophene rings is 1. The maximum atomic E-state index is 11.7. The third-order valence-corrected chi connectivity index (χ3v) is 3.67. The number of aryl methyl sites for hydroxylation is 1. The number of rotatable bonds is 3. The molecule has 2 heterocycles. The molecule has 0 fully saturated rings. The topological polar surface area (TPSA) is 79.3 Å². The van der Waals surface area contributed by atoms with Gasteiger partial charge in [-0.1, -0.05) is 0 Å². The average Bonchev–Trinajstić information content (AvgIpc) is 2.86. The van der Waals surface area contributed by atoms with Crippen LogP contribution in [0.5, 0.6) is 0 Å². The van der Waals surface area contributed by atoms with Gasteiger partial charge in [0.2, 0.25) is 0 Å². The van der Waals surface area contributed by atoms with E-state index in [0.29, 0.717) is 10.7 Å². The summed E-state index contributed by atoms with van der Waals surface area (Å²) >= 11 is 2.41. The van der Waals surface area contributed by atoms with Gasteiger partial charge in [0.05, 0.1) is 10.0 Å². The van der Waals surface area contributed by atoms with Gasteiger partial charge in [0.1, 0.15) is 10.6 Å². The molecule has 0 aliphatic carbocycles. The van der Waals surface area contributed by atoms with Gasteiger partial charge in [-0.15, -0.1) is 22.7 Å². The summed E-state index contributed by atoms with van der Waals surface area (Å²) in [6, 6.07) is 3.01. The van der Waals surface area contributed by atoms with Crippen LogP contribution in [0, 0.1) is 6.92 Å². The zero-order valence-corrected chi connectivity index (χ0v) is 10.4. The van der Waals surface area contributed by atoms with Crippen molar-refractivity contribution in [2.75, 3.05) is 5.32 Å². The maximum Gasteiger partial charge on any atom is 0.345 e. The first-order valence-electron chi connectivity index (χ1n) is 4.63. The summed E-state index contributed by atoms with van der Waals surface area (Å²) < 4.78 is 0. The summed E-state index contributed by atoms with van der Waals surface area (Å²) in [6.07, 6.45) is 0. The van der Waals surface area contributed by atoms with Crippen LogP contribution in [-0.4, -0.2) is 22.0 Å². The number of carboxylic acids is 1. The molecule has 0 bridgehead atoms. The number of nitrogens with one attached hydrogen (secondary N) is 1. The zero-order chi connectivity index (χ0) is 12.4. The number of carboxylic acid groups (broad SMARTS) is 1. The molecule has 2 N–H and O–H groups in total. The molecule has 17 heavy (non-hydrogen) atoms. The molecule has 0 aromatic carbocycles. The lowest BCUT2D eigenvalue weighted by Crippen LogP contribution is -2.11. The number of hydrogen-bond donors (Lipinski definition) is 2. The van der Waals surface area contributed by atoms with Gasteiger partial charge in [0.15, 0.2) is 0 Å². The highest BCUT2D eigenvalue weighted by molar-refractivity contribution is 7.18. The van der Waals surface area contributed by atoms with Gasteiger partial charge in [0, 0.05) is 5.38 Å². The molecule has 0 atom stereocenters. The second kappa shape index (κ2) is 4.64. The van der Waals surface area contributed by atoms with Crippen molar-refractivity contribution in [3.8, 4) is 0 Å². The van der Waals surface area contributed by atoms with Gasteiger partial charge >= 0.3 is 5.97 Å². The van der Waals surface area contributed by atoms with E-state index in [-0.39, 0.29) is 10.8 Å². The Balaban J connectivity index is 2.10. The second-order valence-corrected chi connectivity index (χ2v) is 5.32. The van der Waals surface area contributed by atoms with Crippen LogP contribution in [0.25, 0.3) is 0 Å². The van der Waals surface area contributed by atoms with Crippen LogP contribution in [0.2, 0.25) is 0 Å². The number of amides is 1. The Hall–Kier alpha value is -1.73. The number of hydrogen-bond acceptors (Lipinski definition) is 5. The SMILES string of the molecule is Cc1nc(C(=O)Nc2ccc(C(=O)O)s2)cs1. The number of carbonyl (C=O) groups is 2. The van der Waals surface area contributed by atoms with E-state index in [9.17, 15) is 9.59 Å². The zero-order valence-electron chi connectivity index (χ0n) is 8.76. The van der Waals surface area contributed by atoms with Crippen molar-refractivity contribution in [3.05, 3.63) is 33.1 Å². The number of aromatic carboxylic acids is 1. The van der Waals surface area contributed by atoms with Crippen LogP contribution >= 0.6 is 22.7 Å². The van der Waals surface area contributed by atoms with Crippen molar-refractivity contribution in [2.24, 2.45) is 0 Å². The predicted molar refractivity (Wildman–Crippen MR) is 66.1 cm³/mol. The number of anilines is 1. The van der Waals surface area contributed by atoms with Crippen LogP contribution in [0.3, 0.4) is 0 Å². The summed E-state index contributed by atoms with van der Waals surface area (Å²) in [5, 5.41) is 14.3. The Labute approximate surface area is 105 Å². The van der Waals surface area contributed by atoms with Crippen molar-refractivity contribution in [1.29, 1.82) is 0 Å². The van der Waals surface area contributed by atoms with Gasteiger partial charge in [-0.05, 0) is 19.1 Å². The van der Waals surface area contributed by atoms with E-state index in [4.69, 9.17) is 5.11 Å². The Bertz CT molecular complexity index is 574. The quantitative estimate of drug-likeness (QED) is 0.896. The fraction of sp³-hybridized carbons (Fsp3) is 0.100. The lowest BCUT2D eigenvalue weighted by Gasteiger charge is -1.97. The minimum atomic E-state index is -1.000. The highest BCUT2D eigenvalue weighted by Crippen LogP contribution is 2.22. The van der Waals surface area contributed by atoms with Gasteiger partial charge < -0.3 is 10.4 Å². The standard InChI is InChI=1S/C10H8N2O3S2/c1-5-11-6(4-16-5)9(13)12-8-3-2-7(17-8)10(14)15/h2-4H,1H3,(H,12,13)(H,14,15). The molecular formula is C10H8N2O3S2. The largest absolute Gasteiger partial charge is 0.477 e. The van der Waals surface area contributed by atoms with Crippen LogP contribution in [-0.2, 0) is 0 Å². The monoisotopic (exact) mass is 268 g/mol. The molecule has 0 radical (unpaired) electrons. The molecule has 1 amide bonds. The molecule has 2 aromatic rings. The van der Waals surface area contributed by atoms with Crippen LogP contribution in [0.15, 0.2) is 17.5 Å². The molecule has 7 heteroatoms. The van der Waals surface area contributed by atoms with Crippen LogP contribution in [0.4, 0.5) is 5.00 Å². The Morgan fingerprint density at radius 1 is 1.41 bits per heavy atom. The van der Waals surface area contributed by atoms with E-state index in [0.717, 1.165) is 16.3 Å². The third kappa shape index (κ3) is 2.69. The fourth-order valence-electron chi connectivity index (χ4n) is 1.16. The second-order valence-electron chi connectivity index (χ2n) is 3.17. The number of aromatic nitrogens is 1. The number of thiazole rings is 1. The smallest absolute Gasteiger partial charge is 0.345 e. The van der Waals surface area contributed by atoms with Gasteiger partial charge in [-0.25, -0.2) is 9.78 Å². The molecule has 0 spiro atoms. The van der Waals surface area contributed by atoms with Crippen LogP contribution < -0.4 is 5.32 Å². The van der Waals surface area contributed by atoms with Crippen molar-refractivity contribution < 1.29 is 14.7 Å². The molecule has 2 aromatic heterocycles. The summed E-state index contributed by atoms with van der Waals surface area (Å²) in [5.74, 6) is -1.33. The van der Waals surface area contributed by atoms with E-state index < -0.39 is 5.97 Å². The first-order chi connectivity index (χ1) is 8.06. The Morgan fingerprint density at radius 3 is 2.71 bits per heavy atom. The fourth-order valence-corrected chi connectivity index (χ4v) is 2.50. The van der Waals surface area contributed by atoms with E-state index in [1.165, 1.54) is 17.4 Å². The first kappa shape index (κ1) is 11.7. The third-order valence-electron chi connectivity index (χ3n) is 1.91. The lowest BCUT2D eigenvalue weighted by molar-refractivity contribution is 0.0702. The lowest BCUT2D eigenvalue weighted by atomic mass is 10.4. The molecule has 0 unspecified atom stereocenters. The molecule has 0 saturated heterocycles. The van der Waals surface area contributed by atoms with Crippen molar-refractivity contribution in [1.82, 2.24) is 4.98 Å². The molecule has 0 saturated carbocycles. The first-order valence-corrected chi connectivity index (χ1v) is 6.32. The summed E-state index contributed by atoms with van der Waals surface area (Å²) in [7, 11) is 0. The molecule has 5 nitrogen and oxygen atoms in total. The van der Waals surface area contributed by atoms with Crippen molar-refractivity contribution in [2.45, 2.75) is 6.92 Å². The van der Waals surface area contributed by atoms with Gasteiger partial charge in [-0.3, -0.25) is 4.79 Å². The normalized spacial score (nSPS) is 10.2. The van der Waals surface area contributed by atoms with E-state index in [1.54, 1.807) is 11.4 Å². The number of carbonyl (C=O) groups excluding carboxylic acids is 1. The average molecular weight is 268 g/mol. The van der Waals surface area contributed by atoms with Crippen molar-refractivity contribution in [3.63, 3.8) is 0 Å². The summed E-state index contributed by atoms with van der Waals surface area (Å²) in [6.45, 7) is 1.81. The number of nitrogens with zero attached hydrogens (tertiary/aromatic N) is 1. The minimum Gasteiger partial charge on any atom is -0.477 e. The predicted octanol–water partition coefficient (Wildman–Crippen LogP) is 2.46. The van der Waals surface area contributed by atoms with E-state index in [1.807, 2.05) is 6.92 Å². The molecular weight excluding hydrogens is 260 g/mol. The van der Waals surface area contributed by atoms with E-state index >= 15 is 0 Å². The molecule has 2 rings (SSSR count). The van der Waals surface area contributed by atoms with E-state index in [2.05, 4.69) is 10.3 Å². The molecule has 88 valence electrons. The Morgan fingerprint density at radius 2 is 2.18 bits per heavy atom. The van der Waals surface area contributed by atoms with Crippen molar-refractivity contribution >= 4 is 39.6 Å². The highest BCUT2D eigenvalue weighted by atomic mass is 32.1. The summed E-state index contributed by atoms with van der Waals surface area (Å²) in [5.41, 5.74) is 0.345. The minimum absolute atomic E-state index is 0.190. The van der Waals surface area contributed by atoms with Gasteiger partial charge in [-0.2, -0.15) is 0 Å². The Kier molecular flexibility index (Phi) is 3.21. The van der Waals surface area contributed by atoms with Crippen LogP contribution in [0.1, 0.15) is 25.2 Å². The summed E-state index contributed by atoms with van der Waals surface area (Å²) in [4.78, 5) is 26.6. The maximum absolute atomic E-state index is 11.7. The highest BCUT2D eigenvalue weighted by Gasteiger charge is 2.12. The van der Waals surface area contributed by atoms with Gasteiger partial charge in [0.25, 0.3) is 5.91 Å². The molecule has 0 aliphatic rings.